The van der Waals surface area contributed by atoms with Gasteiger partial charge in [0.15, 0.2) is 0 Å². The third kappa shape index (κ3) is 7.56. The van der Waals surface area contributed by atoms with E-state index in [2.05, 4.69) is 15.7 Å². The number of carbonyl (C=O) groups is 3. The molecular weight excluding hydrogens is 642 g/mol. The first-order valence-electron chi connectivity index (χ1n) is 15.6. The Morgan fingerprint density at radius 2 is 1.92 bits per heavy atom. The molecule has 0 radical (unpaired) electrons. The van der Waals surface area contributed by atoms with Gasteiger partial charge < -0.3 is 36.9 Å². The summed E-state index contributed by atoms with van der Waals surface area (Å²) < 4.78 is 36.6. The van der Waals surface area contributed by atoms with E-state index in [0.29, 0.717) is 60.3 Å². The number of anilines is 2. The zero-order valence-corrected chi connectivity index (χ0v) is 27.9. The van der Waals surface area contributed by atoms with Gasteiger partial charge in [-0.05, 0) is 63.5 Å². The van der Waals surface area contributed by atoms with Crippen LogP contribution >= 0.6 is 0 Å². The molecular formula is C31H41N9O7S. The molecule has 0 bridgehead atoms. The first kappa shape index (κ1) is 34.3. The molecule has 0 spiro atoms. The van der Waals surface area contributed by atoms with Gasteiger partial charge in [-0.2, -0.15) is 5.10 Å². The lowest BCUT2D eigenvalue weighted by molar-refractivity contribution is -0.114. The molecule has 1 aromatic heterocycles. The number of aliphatic imine (C=N–C) groups is 1. The average Bonchev–Trinajstić information content (AvgIpc) is 3.59. The maximum atomic E-state index is 13.4. The zero-order valence-electron chi connectivity index (χ0n) is 27.1. The summed E-state index contributed by atoms with van der Waals surface area (Å²) in [6.45, 7) is 5.04. The lowest BCUT2D eigenvalue weighted by Gasteiger charge is -2.43. The van der Waals surface area contributed by atoms with Crippen molar-refractivity contribution >= 4 is 44.9 Å². The fourth-order valence-electron chi connectivity index (χ4n) is 6.02. The number of benzene rings is 1. The van der Waals surface area contributed by atoms with E-state index in [9.17, 15) is 22.8 Å². The number of aryl methyl sites for hydroxylation is 2. The fraction of sp³-hybridized carbons (Fsp3) is 0.452. The molecule has 0 saturated carbocycles. The van der Waals surface area contributed by atoms with Crippen LogP contribution in [-0.4, -0.2) is 96.7 Å². The van der Waals surface area contributed by atoms with Gasteiger partial charge in [0.05, 0.1) is 29.8 Å². The molecule has 1 aromatic carbocycles. The number of carbonyl (C=O) groups excluding carboxylic acids is 3. The molecule has 258 valence electrons. The highest BCUT2D eigenvalue weighted by atomic mass is 32.2. The van der Waals surface area contributed by atoms with Crippen LogP contribution in [0.15, 0.2) is 46.7 Å². The second kappa shape index (κ2) is 14.0. The van der Waals surface area contributed by atoms with Crippen molar-refractivity contribution in [2.75, 3.05) is 42.8 Å². The van der Waals surface area contributed by atoms with Crippen LogP contribution in [0.3, 0.4) is 0 Å². The van der Waals surface area contributed by atoms with E-state index in [4.69, 9.17) is 31.7 Å². The average molecular weight is 684 g/mol. The molecule has 8 N–H and O–H groups in total. The number of morpholine rings is 1. The maximum absolute atomic E-state index is 13.4. The lowest BCUT2D eigenvalue weighted by atomic mass is 9.93. The van der Waals surface area contributed by atoms with E-state index in [1.54, 1.807) is 22.9 Å². The topological polar surface area (TPSA) is 239 Å². The van der Waals surface area contributed by atoms with Crippen LogP contribution < -0.4 is 32.6 Å². The number of hydrogen-bond acceptors (Lipinski definition) is 12. The van der Waals surface area contributed by atoms with Crippen LogP contribution in [0, 0.1) is 6.92 Å². The highest BCUT2D eigenvalue weighted by Gasteiger charge is 2.48. The number of nitrogens with one attached hydrogen (secondary N) is 2. The summed E-state index contributed by atoms with van der Waals surface area (Å²) in [6, 6.07) is 3.59. The summed E-state index contributed by atoms with van der Waals surface area (Å²) in [5.41, 5.74) is 19.6. The van der Waals surface area contributed by atoms with Gasteiger partial charge in [0.1, 0.15) is 51.4 Å². The number of nitrogens with two attached hydrogens (primary N) is 3. The van der Waals surface area contributed by atoms with Crippen LogP contribution in [0.2, 0.25) is 0 Å². The van der Waals surface area contributed by atoms with Crippen molar-refractivity contribution in [3.8, 4) is 5.75 Å². The van der Waals surface area contributed by atoms with Crippen LogP contribution in [-0.2, 0) is 25.9 Å². The summed E-state index contributed by atoms with van der Waals surface area (Å²) in [5, 5.41) is 10.6. The van der Waals surface area contributed by atoms with E-state index < -0.39 is 27.7 Å². The molecule has 1 saturated heterocycles. The number of rotatable bonds is 14. The molecule has 3 heterocycles. The number of nitrogen functional groups attached to an aromatic ring is 1. The van der Waals surface area contributed by atoms with Crippen molar-refractivity contribution in [1.82, 2.24) is 20.0 Å². The Balaban J connectivity index is 1.30. The minimum Gasteiger partial charge on any atom is -0.493 e. The standard InChI is InChI=1S/C31H41N9O7S/c1-4-39-23(11-17(2)38-39)30(43)37-31-36-22-13-19(29(34)42)15-25-27(22)40(31)20(16-47-25)7-5-8-35-26-21(32)12-18(28(33)41)14-24(26)46-9-6-10-48(3,44)45/h11-15,20,22,27,35H,4-10,16,32H2,1-3H3,(H2,33,41)(H2,34,42)(H,36,37,43)/t20-,22?,27?/m0/s1. The van der Waals surface area contributed by atoms with E-state index in [-0.39, 0.29) is 60.4 Å². The molecule has 16 nitrogen and oxygen atoms in total. The van der Waals surface area contributed by atoms with E-state index in [1.165, 1.54) is 12.1 Å². The summed E-state index contributed by atoms with van der Waals surface area (Å²) in [5.74, 6) is -0.481. The SMILES string of the molecule is CCn1nc(C)cc1C(=O)NC1=NC2C=C(C(N)=O)C=C3OC[C@H](CCCNc4c(N)cc(C(N)=O)cc4OCCCS(C)(=O)=O)N1C32. The van der Waals surface area contributed by atoms with Crippen molar-refractivity contribution in [3.63, 3.8) is 0 Å². The van der Waals surface area contributed by atoms with E-state index in [1.807, 2.05) is 18.7 Å². The molecule has 1 fully saturated rings. The van der Waals surface area contributed by atoms with E-state index in [0.717, 1.165) is 6.26 Å². The summed E-state index contributed by atoms with van der Waals surface area (Å²) >= 11 is 0. The second-order valence-corrected chi connectivity index (χ2v) is 14.2. The number of amides is 3. The van der Waals surface area contributed by atoms with Gasteiger partial charge in [-0.3, -0.25) is 24.4 Å². The lowest BCUT2D eigenvalue weighted by Crippen LogP contribution is -2.57. The predicted octanol–water partition coefficient (Wildman–Crippen LogP) is 0.445. The zero-order chi connectivity index (χ0) is 34.7. The normalized spacial score (nSPS) is 19.8. The molecule has 1 aliphatic carbocycles. The van der Waals surface area contributed by atoms with Gasteiger partial charge in [-0.1, -0.05) is 0 Å². The molecule has 3 aliphatic rings. The predicted molar refractivity (Wildman–Crippen MR) is 179 cm³/mol. The van der Waals surface area contributed by atoms with Crippen molar-refractivity contribution in [2.24, 2.45) is 16.5 Å². The Kier molecular flexibility index (Phi) is 9.98. The van der Waals surface area contributed by atoms with Crippen LogP contribution in [0.4, 0.5) is 11.4 Å². The minimum atomic E-state index is -3.16. The number of aromatic nitrogens is 2. The first-order valence-corrected chi connectivity index (χ1v) is 17.7. The highest BCUT2D eigenvalue weighted by molar-refractivity contribution is 7.90. The monoisotopic (exact) mass is 683 g/mol. The third-order valence-corrected chi connectivity index (χ3v) is 9.24. The summed E-state index contributed by atoms with van der Waals surface area (Å²) in [7, 11) is -3.16. The van der Waals surface area contributed by atoms with Gasteiger partial charge in [0, 0.05) is 30.5 Å². The highest BCUT2D eigenvalue weighted by Crippen LogP contribution is 2.37. The molecule has 2 aliphatic heterocycles. The van der Waals surface area contributed by atoms with Gasteiger partial charge in [-0.15, -0.1) is 0 Å². The van der Waals surface area contributed by atoms with Gasteiger partial charge in [-0.25, -0.2) is 13.4 Å². The molecule has 5 rings (SSSR count). The van der Waals surface area contributed by atoms with Crippen LogP contribution in [0.5, 0.6) is 5.75 Å². The van der Waals surface area contributed by atoms with Gasteiger partial charge in [0.25, 0.3) is 5.91 Å². The Labute approximate surface area is 278 Å². The smallest absolute Gasteiger partial charge is 0.276 e. The molecule has 2 aromatic rings. The van der Waals surface area contributed by atoms with Crippen molar-refractivity contribution in [3.05, 3.63) is 58.6 Å². The summed E-state index contributed by atoms with van der Waals surface area (Å²) in [4.78, 5) is 44.1. The quantitative estimate of drug-likeness (QED) is 0.135. The number of ether oxygens (including phenoxy) is 2. The van der Waals surface area contributed by atoms with Crippen molar-refractivity contribution < 1.29 is 32.3 Å². The van der Waals surface area contributed by atoms with E-state index >= 15 is 0 Å². The molecule has 17 heteroatoms. The fourth-order valence-corrected chi connectivity index (χ4v) is 6.67. The first-order chi connectivity index (χ1) is 22.8. The second-order valence-electron chi connectivity index (χ2n) is 11.9. The van der Waals surface area contributed by atoms with Gasteiger partial charge >= 0.3 is 0 Å². The Morgan fingerprint density at radius 1 is 1.15 bits per heavy atom. The number of sulfone groups is 1. The summed E-state index contributed by atoms with van der Waals surface area (Å²) in [6.07, 6.45) is 5.95. The Bertz CT molecular complexity index is 1820. The number of guanidine groups is 1. The maximum Gasteiger partial charge on any atom is 0.276 e. The molecule has 48 heavy (non-hydrogen) atoms. The number of hydrogen-bond donors (Lipinski definition) is 5. The number of primary amides is 2. The molecule has 3 amide bonds. The molecule has 2 unspecified atom stereocenters. The van der Waals surface area contributed by atoms with Crippen LogP contribution in [0.1, 0.15) is 52.7 Å². The number of nitrogens with zero attached hydrogens (tertiary/aromatic N) is 4. The Morgan fingerprint density at radius 3 is 2.60 bits per heavy atom. The minimum absolute atomic E-state index is 0.0489. The largest absolute Gasteiger partial charge is 0.493 e. The van der Waals surface area contributed by atoms with Crippen molar-refractivity contribution in [1.29, 1.82) is 0 Å². The van der Waals surface area contributed by atoms with Crippen LogP contribution in [0.25, 0.3) is 0 Å². The van der Waals surface area contributed by atoms with Crippen molar-refractivity contribution in [2.45, 2.75) is 57.8 Å². The Hall–Kier alpha value is -5.06. The third-order valence-electron chi connectivity index (χ3n) is 8.21. The van der Waals surface area contributed by atoms with Gasteiger partial charge in [0.2, 0.25) is 17.8 Å². The molecule has 3 atom stereocenters.